The maximum atomic E-state index is 5.55. The second kappa shape index (κ2) is 6.51. The molecule has 6 nitrogen and oxygen atoms in total. The maximum Gasteiger partial charge on any atom is 0.235 e. The second-order valence-electron chi connectivity index (χ2n) is 4.37. The minimum absolute atomic E-state index is 0.0650. The number of rotatable bonds is 5. The molecule has 1 aromatic rings. The Morgan fingerprint density at radius 3 is 3.00 bits per heavy atom. The van der Waals surface area contributed by atoms with Crippen LogP contribution < -0.4 is 14.8 Å². The molecule has 18 heavy (non-hydrogen) atoms. The quantitative estimate of drug-likeness (QED) is 0.830. The minimum Gasteiger partial charge on any atom is -0.474 e. The maximum absolute atomic E-state index is 5.55. The smallest absolute Gasteiger partial charge is 0.235 e. The highest BCUT2D eigenvalue weighted by Gasteiger charge is 2.14. The highest BCUT2D eigenvalue weighted by Crippen LogP contribution is 2.13. The first-order valence-electron chi connectivity index (χ1n) is 6.18. The number of nitrogens with zero attached hydrogens (tertiary/aromatic N) is 2. The van der Waals surface area contributed by atoms with E-state index in [-0.39, 0.29) is 12.2 Å². The van der Waals surface area contributed by atoms with E-state index in [1.54, 1.807) is 12.4 Å². The van der Waals surface area contributed by atoms with Gasteiger partial charge in [0.05, 0.1) is 25.1 Å². The van der Waals surface area contributed by atoms with Gasteiger partial charge in [-0.25, -0.2) is 0 Å². The summed E-state index contributed by atoms with van der Waals surface area (Å²) >= 11 is 0. The van der Waals surface area contributed by atoms with Crippen LogP contribution in [0.25, 0.3) is 0 Å². The van der Waals surface area contributed by atoms with Crippen LogP contribution in [0.4, 0.5) is 0 Å². The van der Waals surface area contributed by atoms with Crippen LogP contribution in [0.5, 0.6) is 11.8 Å². The Hall–Kier alpha value is -1.40. The normalized spacial score (nSPS) is 19.8. The lowest BCUT2D eigenvalue weighted by Gasteiger charge is -2.23. The molecule has 0 amide bonds. The molecule has 0 aliphatic carbocycles. The van der Waals surface area contributed by atoms with Crippen LogP contribution in [-0.4, -0.2) is 48.5 Å². The molecule has 0 spiro atoms. The van der Waals surface area contributed by atoms with Gasteiger partial charge in [0.15, 0.2) is 0 Å². The minimum atomic E-state index is 0.0650. The average Bonchev–Trinajstić information content (AvgIpc) is 2.37. The molecule has 1 unspecified atom stereocenters. The summed E-state index contributed by atoms with van der Waals surface area (Å²) in [6.45, 7) is 6.76. The van der Waals surface area contributed by atoms with Crippen LogP contribution in [-0.2, 0) is 4.74 Å². The average molecular weight is 253 g/mol. The third-order valence-electron chi connectivity index (χ3n) is 2.37. The first-order valence-corrected chi connectivity index (χ1v) is 6.18. The largest absolute Gasteiger partial charge is 0.474 e. The lowest BCUT2D eigenvalue weighted by Crippen LogP contribution is -2.41. The van der Waals surface area contributed by atoms with Crippen molar-refractivity contribution >= 4 is 0 Å². The molecule has 1 aromatic heterocycles. The van der Waals surface area contributed by atoms with Crippen molar-refractivity contribution in [2.75, 3.05) is 26.3 Å². The number of hydrogen-bond acceptors (Lipinski definition) is 6. The summed E-state index contributed by atoms with van der Waals surface area (Å²) in [4.78, 5) is 8.25. The van der Waals surface area contributed by atoms with E-state index >= 15 is 0 Å². The molecule has 0 radical (unpaired) electrons. The molecule has 1 saturated heterocycles. The Kier molecular flexibility index (Phi) is 4.72. The fraction of sp³-hybridized carbons (Fsp3) is 0.667. The molecule has 0 aromatic carbocycles. The first-order chi connectivity index (χ1) is 8.74. The zero-order valence-corrected chi connectivity index (χ0v) is 10.8. The molecule has 6 heteroatoms. The van der Waals surface area contributed by atoms with Crippen molar-refractivity contribution < 1.29 is 14.2 Å². The molecule has 100 valence electrons. The fourth-order valence-corrected chi connectivity index (χ4v) is 1.60. The van der Waals surface area contributed by atoms with Crippen molar-refractivity contribution in [2.45, 2.75) is 26.1 Å². The highest BCUT2D eigenvalue weighted by atomic mass is 16.5. The molecular formula is C12H19N3O3. The van der Waals surface area contributed by atoms with Crippen LogP contribution in [0.1, 0.15) is 13.8 Å². The molecular weight excluding hydrogens is 234 g/mol. The third-order valence-corrected chi connectivity index (χ3v) is 2.37. The lowest BCUT2D eigenvalue weighted by atomic mass is 10.3. The lowest BCUT2D eigenvalue weighted by molar-refractivity contribution is -0.000992. The van der Waals surface area contributed by atoms with E-state index in [0.29, 0.717) is 18.4 Å². The summed E-state index contributed by atoms with van der Waals surface area (Å²) in [5, 5.41) is 3.24. The van der Waals surface area contributed by atoms with Gasteiger partial charge in [-0.15, -0.1) is 0 Å². The fourth-order valence-electron chi connectivity index (χ4n) is 1.60. The van der Waals surface area contributed by atoms with Gasteiger partial charge in [0, 0.05) is 13.1 Å². The predicted octanol–water partition coefficient (Wildman–Crippen LogP) is 0.631. The molecule has 1 fully saturated rings. The molecule has 1 aliphatic heterocycles. The summed E-state index contributed by atoms with van der Waals surface area (Å²) in [5.74, 6) is 0.938. The van der Waals surface area contributed by atoms with E-state index in [0.717, 1.165) is 19.7 Å². The van der Waals surface area contributed by atoms with Gasteiger partial charge in [0.1, 0.15) is 12.7 Å². The Morgan fingerprint density at radius 1 is 1.44 bits per heavy atom. The van der Waals surface area contributed by atoms with Crippen molar-refractivity contribution in [3.8, 4) is 11.8 Å². The van der Waals surface area contributed by atoms with Gasteiger partial charge < -0.3 is 19.5 Å². The van der Waals surface area contributed by atoms with Crippen LogP contribution in [0.15, 0.2) is 12.4 Å². The summed E-state index contributed by atoms with van der Waals surface area (Å²) in [6, 6.07) is 0. The monoisotopic (exact) mass is 253 g/mol. The second-order valence-corrected chi connectivity index (χ2v) is 4.37. The molecule has 0 saturated carbocycles. The standard InChI is InChI=1S/C12H19N3O3/c1-9(2)18-12-7-14-6-11(15-12)17-8-10-5-13-3-4-16-10/h6-7,9-10,13H,3-5,8H2,1-2H3. The third kappa shape index (κ3) is 4.12. The van der Waals surface area contributed by atoms with E-state index in [9.17, 15) is 0 Å². The number of hydrogen-bond donors (Lipinski definition) is 1. The number of ether oxygens (including phenoxy) is 3. The van der Waals surface area contributed by atoms with Gasteiger partial charge in [-0.1, -0.05) is 0 Å². The molecule has 2 heterocycles. The van der Waals surface area contributed by atoms with Gasteiger partial charge in [-0.3, -0.25) is 4.98 Å². The number of aromatic nitrogens is 2. The SMILES string of the molecule is CC(C)Oc1cncc(OCC2CNCCO2)n1. The number of nitrogens with one attached hydrogen (secondary N) is 1. The Morgan fingerprint density at radius 2 is 2.28 bits per heavy atom. The van der Waals surface area contributed by atoms with Crippen molar-refractivity contribution in [2.24, 2.45) is 0 Å². The molecule has 1 aliphatic rings. The van der Waals surface area contributed by atoms with Crippen LogP contribution in [0.2, 0.25) is 0 Å². The topological polar surface area (TPSA) is 65.5 Å². The number of morpholine rings is 1. The summed E-state index contributed by atoms with van der Waals surface area (Å²) in [6.07, 6.45) is 3.28. The van der Waals surface area contributed by atoms with Crippen LogP contribution in [0.3, 0.4) is 0 Å². The van der Waals surface area contributed by atoms with E-state index in [1.165, 1.54) is 0 Å². The summed E-state index contributed by atoms with van der Waals surface area (Å²) in [5.41, 5.74) is 0. The van der Waals surface area contributed by atoms with Gasteiger partial charge in [-0.2, -0.15) is 4.98 Å². The Bertz CT molecular complexity index is 367. The summed E-state index contributed by atoms with van der Waals surface area (Å²) in [7, 11) is 0. The van der Waals surface area contributed by atoms with E-state index in [4.69, 9.17) is 14.2 Å². The van der Waals surface area contributed by atoms with Gasteiger partial charge in [0.2, 0.25) is 11.8 Å². The van der Waals surface area contributed by atoms with Crippen molar-refractivity contribution in [3.05, 3.63) is 12.4 Å². The van der Waals surface area contributed by atoms with Gasteiger partial charge >= 0.3 is 0 Å². The van der Waals surface area contributed by atoms with Crippen molar-refractivity contribution in [1.82, 2.24) is 15.3 Å². The van der Waals surface area contributed by atoms with Crippen LogP contribution >= 0.6 is 0 Å². The Balaban J connectivity index is 1.84. The summed E-state index contributed by atoms with van der Waals surface area (Å²) < 4.78 is 16.5. The first kappa shape index (κ1) is 13.0. The molecule has 1 N–H and O–H groups in total. The van der Waals surface area contributed by atoms with E-state index in [1.807, 2.05) is 13.8 Å². The van der Waals surface area contributed by atoms with Crippen LogP contribution in [0, 0.1) is 0 Å². The highest BCUT2D eigenvalue weighted by molar-refractivity contribution is 5.12. The van der Waals surface area contributed by atoms with Gasteiger partial charge in [0.25, 0.3) is 0 Å². The van der Waals surface area contributed by atoms with E-state index in [2.05, 4.69) is 15.3 Å². The van der Waals surface area contributed by atoms with E-state index < -0.39 is 0 Å². The van der Waals surface area contributed by atoms with Crippen molar-refractivity contribution in [3.63, 3.8) is 0 Å². The predicted molar refractivity (Wildman–Crippen MR) is 65.9 cm³/mol. The molecule has 0 bridgehead atoms. The Labute approximate surface area is 107 Å². The molecule has 2 rings (SSSR count). The van der Waals surface area contributed by atoms with Gasteiger partial charge in [-0.05, 0) is 13.8 Å². The van der Waals surface area contributed by atoms with Crippen molar-refractivity contribution in [1.29, 1.82) is 0 Å². The molecule has 1 atom stereocenters. The zero-order chi connectivity index (χ0) is 12.8. The zero-order valence-electron chi connectivity index (χ0n) is 10.8.